The minimum Gasteiger partial charge on any atom is -0.380 e. The molecule has 1 amide bonds. The van der Waals surface area contributed by atoms with Crippen molar-refractivity contribution in [3.63, 3.8) is 0 Å². The minimum atomic E-state index is 0.0982. The zero-order valence-corrected chi connectivity index (χ0v) is 11.2. The van der Waals surface area contributed by atoms with E-state index in [0.29, 0.717) is 24.1 Å². The Balaban J connectivity index is 2.17. The summed E-state index contributed by atoms with van der Waals surface area (Å²) < 4.78 is 0. The molecule has 2 heterocycles. The van der Waals surface area contributed by atoms with Crippen molar-refractivity contribution in [2.24, 2.45) is 0 Å². The zero-order chi connectivity index (χ0) is 13.3. The first kappa shape index (κ1) is 12.9. The molecule has 0 aromatic carbocycles. The first-order valence-corrected chi connectivity index (χ1v) is 6.17. The van der Waals surface area contributed by atoms with Crippen LogP contribution in [-0.4, -0.2) is 46.7 Å². The molecule has 1 saturated heterocycles. The van der Waals surface area contributed by atoms with E-state index in [-0.39, 0.29) is 11.9 Å². The van der Waals surface area contributed by atoms with Crippen molar-refractivity contribution < 1.29 is 4.79 Å². The number of aromatic nitrogens is 2. The lowest BCUT2D eigenvalue weighted by Gasteiger charge is -2.40. The number of anilines is 2. The Labute approximate surface area is 111 Å². The average Bonchev–Trinajstić information content (AvgIpc) is 2.31. The second-order valence-corrected chi connectivity index (χ2v) is 4.83. The normalized spacial score (nSPS) is 20.1. The zero-order valence-electron chi connectivity index (χ0n) is 10.4. The summed E-state index contributed by atoms with van der Waals surface area (Å²) in [6.07, 6.45) is 0. The average molecular weight is 270 g/mol. The number of halogens is 1. The number of rotatable bonds is 1. The van der Waals surface area contributed by atoms with Gasteiger partial charge in [0, 0.05) is 38.7 Å². The van der Waals surface area contributed by atoms with Crippen molar-refractivity contribution in [3.8, 4) is 0 Å². The second kappa shape index (κ2) is 4.97. The monoisotopic (exact) mass is 269 g/mol. The number of nitrogens with two attached hydrogens (primary N) is 1. The molecule has 0 aliphatic carbocycles. The van der Waals surface area contributed by atoms with Gasteiger partial charge in [-0.3, -0.25) is 4.79 Å². The van der Waals surface area contributed by atoms with Crippen LogP contribution in [0.3, 0.4) is 0 Å². The molecule has 98 valence electrons. The molecule has 18 heavy (non-hydrogen) atoms. The van der Waals surface area contributed by atoms with Crippen LogP contribution in [0.4, 0.5) is 11.5 Å². The lowest BCUT2D eigenvalue weighted by Crippen LogP contribution is -2.53. The van der Waals surface area contributed by atoms with Gasteiger partial charge in [-0.15, -0.1) is 10.2 Å². The summed E-state index contributed by atoms with van der Waals surface area (Å²) in [6, 6.07) is 1.85. The number of nitrogens with zero attached hydrogens (tertiary/aromatic N) is 4. The van der Waals surface area contributed by atoms with Crippen LogP contribution in [0.2, 0.25) is 5.15 Å². The second-order valence-electron chi connectivity index (χ2n) is 4.44. The Bertz CT molecular complexity index is 467. The Hall–Kier alpha value is -1.56. The molecule has 1 aromatic rings. The standard InChI is InChI=1S/C11H16ClN5O/c1-7-6-16(3-4-17(7)8(2)18)9-5-10(12)14-15-11(9)13/h5,7H,3-4,6H2,1-2H3,(H2,13,15). The van der Waals surface area contributed by atoms with Crippen LogP contribution >= 0.6 is 11.6 Å². The van der Waals surface area contributed by atoms with Crippen molar-refractivity contribution >= 4 is 29.0 Å². The fraction of sp³-hybridized carbons (Fsp3) is 0.545. The van der Waals surface area contributed by atoms with E-state index in [1.54, 1.807) is 13.0 Å². The molecule has 6 nitrogen and oxygen atoms in total. The van der Waals surface area contributed by atoms with E-state index in [1.165, 1.54) is 0 Å². The van der Waals surface area contributed by atoms with Crippen molar-refractivity contribution in [3.05, 3.63) is 11.2 Å². The molecular formula is C11H16ClN5O. The van der Waals surface area contributed by atoms with E-state index in [0.717, 1.165) is 12.2 Å². The van der Waals surface area contributed by atoms with E-state index >= 15 is 0 Å². The van der Waals surface area contributed by atoms with Crippen LogP contribution < -0.4 is 10.6 Å². The molecule has 1 aromatic heterocycles. The van der Waals surface area contributed by atoms with Crippen molar-refractivity contribution in [2.75, 3.05) is 30.3 Å². The van der Waals surface area contributed by atoms with Gasteiger partial charge in [-0.2, -0.15) is 0 Å². The topological polar surface area (TPSA) is 75.4 Å². The van der Waals surface area contributed by atoms with Crippen molar-refractivity contribution in [1.82, 2.24) is 15.1 Å². The fourth-order valence-electron chi connectivity index (χ4n) is 2.27. The van der Waals surface area contributed by atoms with E-state index < -0.39 is 0 Å². The van der Waals surface area contributed by atoms with Gasteiger partial charge >= 0.3 is 0 Å². The lowest BCUT2D eigenvalue weighted by molar-refractivity contribution is -0.131. The summed E-state index contributed by atoms with van der Waals surface area (Å²) in [7, 11) is 0. The molecular weight excluding hydrogens is 254 g/mol. The van der Waals surface area contributed by atoms with E-state index in [2.05, 4.69) is 15.1 Å². The van der Waals surface area contributed by atoms with Gasteiger partial charge in [0.2, 0.25) is 5.91 Å². The smallest absolute Gasteiger partial charge is 0.219 e. The molecule has 1 atom stereocenters. The number of carbonyl (C=O) groups excluding carboxylic acids is 1. The number of amides is 1. The Morgan fingerprint density at radius 3 is 2.83 bits per heavy atom. The molecule has 1 fully saturated rings. The number of hydrogen-bond donors (Lipinski definition) is 1. The molecule has 0 saturated carbocycles. The van der Waals surface area contributed by atoms with Crippen LogP contribution in [0, 0.1) is 0 Å². The van der Waals surface area contributed by atoms with Gasteiger partial charge in [0.05, 0.1) is 5.69 Å². The highest BCUT2D eigenvalue weighted by molar-refractivity contribution is 6.29. The third kappa shape index (κ3) is 2.48. The number of hydrogen-bond acceptors (Lipinski definition) is 5. The van der Waals surface area contributed by atoms with Crippen molar-refractivity contribution in [2.45, 2.75) is 19.9 Å². The summed E-state index contributed by atoms with van der Waals surface area (Å²) >= 11 is 5.83. The molecule has 0 spiro atoms. The van der Waals surface area contributed by atoms with Gasteiger partial charge in [-0.25, -0.2) is 0 Å². The van der Waals surface area contributed by atoms with Crippen LogP contribution in [0.5, 0.6) is 0 Å². The predicted molar refractivity (Wildman–Crippen MR) is 70.5 cm³/mol. The van der Waals surface area contributed by atoms with Gasteiger partial charge in [-0.1, -0.05) is 11.6 Å². The van der Waals surface area contributed by atoms with Crippen molar-refractivity contribution in [1.29, 1.82) is 0 Å². The van der Waals surface area contributed by atoms with Crippen LogP contribution in [0.25, 0.3) is 0 Å². The number of piperazine rings is 1. The SMILES string of the molecule is CC(=O)N1CCN(c2cc(Cl)nnc2N)CC1C. The summed E-state index contributed by atoms with van der Waals surface area (Å²) in [4.78, 5) is 15.3. The van der Waals surface area contributed by atoms with Crippen LogP contribution in [-0.2, 0) is 4.79 Å². The maximum absolute atomic E-state index is 11.4. The molecule has 7 heteroatoms. The molecule has 1 aliphatic heterocycles. The highest BCUT2D eigenvalue weighted by Gasteiger charge is 2.26. The summed E-state index contributed by atoms with van der Waals surface area (Å²) in [6.45, 7) is 5.71. The summed E-state index contributed by atoms with van der Waals surface area (Å²) in [5.74, 6) is 0.462. The van der Waals surface area contributed by atoms with E-state index in [4.69, 9.17) is 17.3 Å². The first-order chi connectivity index (χ1) is 8.49. The van der Waals surface area contributed by atoms with Gasteiger partial charge in [0.1, 0.15) is 0 Å². The quantitative estimate of drug-likeness (QED) is 0.815. The van der Waals surface area contributed by atoms with Gasteiger partial charge in [0.25, 0.3) is 0 Å². The highest BCUT2D eigenvalue weighted by Crippen LogP contribution is 2.25. The molecule has 2 N–H and O–H groups in total. The maximum Gasteiger partial charge on any atom is 0.219 e. The first-order valence-electron chi connectivity index (χ1n) is 5.80. The maximum atomic E-state index is 11.4. The van der Waals surface area contributed by atoms with Crippen LogP contribution in [0.15, 0.2) is 6.07 Å². The predicted octanol–water partition coefficient (Wildman–Crippen LogP) is 0.769. The highest BCUT2D eigenvalue weighted by atomic mass is 35.5. The fourth-order valence-corrected chi connectivity index (χ4v) is 2.41. The minimum absolute atomic E-state index is 0.0982. The molecule has 1 unspecified atom stereocenters. The Morgan fingerprint density at radius 1 is 1.50 bits per heavy atom. The molecule has 0 radical (unpaired) electrons. The lowest BCUT2D eigenvalue weighted by atomic mass is 10.1. The van der Waals surface area contributed by atoms with Gasteiger partial charge < -0.3 is 15.5 Å². The molecule has 0 bridgehead atoms. The largest absolute Gasteiger partial charge is 0.380 e. The summed E-state index contributed by atoms with van der Waals surface area (Å²) in [5.41, 5.74) is 6.59. The molecule has 1 aliphatic rings. The number of carbonyl (C=O) groups is 1. The van der Waals surface area contributed by atoms with E-state index in [9.17, 15) is 4.79 Å². The summed E-state index contributed by atoms with van der Waals surface area (Å²) in [5, 5.41) is 7.82. The Morgan fingerprint density at radius 2 is 2.22 bits per heavy atom. The number of nitrogen functional groups attached to an aromatic ring is 1. The van der Waals surface area contributed by atoms with Gasteiger partial charge in [-0.05, 0) is 6.92 Å². The molecule has 2 rings (SSSR count). The van der Waals surface area contributed by atoms with E-state index in [1.807, 2.05) is 11.8 Å². The third-order valence-electron chi connectivity index (χ3n) is 3.14. The van der Waals surface area contributed by atoms with Crippen LogP contribution in [0.1, 0.15) is 13.8 Å². The third-order valence-corrected chi connectivity index (χ3v) is 3.33. The van der Waals surface area contributed by atoms with Gasteiger partial charge in [0.15, 0.2) is 11.0 Å². The Kier molecular flexibility index (Phi) is 3.56.